The van der Waals surface area contributed by atoms with Crippen molar-refractivity contribution in [1.82, 2.24) is 14.8 Å². The molecule has 6 nitrogen and oxygen atoms in total. The van der Waals surface area contributed by atoms with E-state index in [4.69, 9.17) is 0 Å². The number of anilines is 1. The molecule has 2 aromatic carbocycles. The molecule has 0 aliphatic carbocycles. The van der Waals surface area contributed by atoms with Crippen molar-refractivity contribution in [3.8, 4) is 0 Å². The first-order valence-corrected chi connectivity index (χ1v) is 10.4. The summed E-state index contributed by atoms with van der Waals surface area (Å²) in [7, 11) is -1.89. The van der Waals surface area contributed by atoms with Gasteiger partial charge in [0.1, 0.15) is 11.2 Å². The molecule has 130 valence electrons. The minimum absolute atomic E-state index is 0.191. The molecule has 1 N–H and O–H groups in total. The van der Waals surface area contributed by atoms with Crippen molar-refractivity contribution in [3.63, 3.8) is 0 Å². The number of sulfonamides is 1. The number of nitrogens with one attached hydrogen (secondary N) is 1. The Hall–Kier alpha value is -1.84. The number of hydrogen-bond donors (Lipinski definition) is 1. The molecule has 0 radical (unpaired) electrons. The quantitative estimate of drug-likeness (QED) is 0.654. The fraction of sp³-hybridized carbons (Fsp3) is 0.125. The Bertz CT molecular complexity index is 1020. The number of rotatable bonds is 5. The van der Waals surface area contributed by atoms with E-state index in [1.54, 1.807) is 41.2 Å². The van der Waals surface area contributed by atoms with Crippen LogP contribution in [0.4, 0.5) is 5.69 Å². The second-order valence-electron chi connectivity index (χ2n) is 5.36. The summed E-state index contributed by atoms with van der Waals surface area (Å²) in [6.07, 6.45) is 1.60. The number of nitrogens with zero attached hydrogens (tertiary/aromatic N) is 3. The summed E-state index contributed by atoms with van der Waals surface area (Å²) in [5.41, 5.74) is 1.46. The average Bonchev–Trinajstić information content (AvgIpc) is 2.93. The van der Waals surface area contributed by atoms with E-state index in [9.17, 15) is 8.42 Å². The summed E-state index contributed by atoms with van der Waals surface area (Å²) in [6.45, 7) is 1.90. The summed E-state index contributed by atoms with van der Waals surface area (Å²) >= 11 is 4.67. The zero-order valence-corrected chi connectivity index (χ0v) is 16.7. The van der Waals surface area contributed by atoms with Gasteiger partial charge in [0, 0.05) is 16.4 Å². The fourth-order valence-electron chi connectivity index (χ4n) is 2.13. The van der Waals surface area contributed by atoms with Gasteiger partial charge in [0.2, 0.25) is 0 Å². The van der Waals surface area contributed by atoms with E-state index in [0.717, 1.165) is 10.5 Å². The summed E-state index contributed by atoms with van der Waals surface area (Å²) in [5, 5.41) is 8.53. The largest absolute Gasteiger partial charge is 0.311 e. The normalized spacial score (nSPS) is 11.5. The van der Waals surface area contributed by atoms with Crippen LogP contribution in [0.25, 0.3) is 0 Å². The third-order valence-electron chi connectivity index (χ3n) is 3.38. The highest BCUT2D eigenvalue weighted by Gasteiger charge is 2.19. The second kappa shape index (κ2) is 7.19. The van der Waals surface area contributed by atoms with Crippen LogP contribution in [0.5, 0.6) is 0 Å². The standard InChI is InChI=1S/C16H15BrN4O2S2/c1-11-7-8-15(12(17)9-11)25(22,23)20-13-5-3-4-6-14(13)24-16-19-18-10-21(16)2/h3-10,20H,1-2H3. The fourth-order valence-corrected chi connectivity index (χ4v) is 5.32. The molecule has 0 saturated carbocycles. The molecule has 0 amide bonds. The van der Waals surface area contributed by atoms with Gasteiger partial charge in [-0.05, 0) is 64.4 Å². The Morgan fingerprint density at radius 2 is 1.96 bits per heavy atom. The predicted molar refractivity (Wildman–Crippen MR) is 101 cm³/mol. The average molecular weight is 439 g/mol. The van der Waals surface area contributed by atoms with Gasteiger partial charge in [0.25, 0.3) is 10.0 Å². The molecule has 3 aromatic rings. The third kappa shape index (κ3) is 4.05. The van der Waals surface area contributed by atoms with Gasteiger partial charge in [-0.2, -0.15) is 0 Å². The van der Waals surface area contributed by atoms with Gasteiger partial charge in [0.05, 0.1) is 5.69 Å². The number of hydrogen-bond acceptors (Lipinski definition) is 5. The molecule has 9 heteroatoms. The highest BCUT2D eigenvalue weighted by Crippen LogP contribution is 2.34. The minimum Gasteiger partial charge on any atom is -0.311 e. The molecule has 1 heterocycles. The predicted octanol–water partition coefficient (Wildman–Crippen LogP) is 3.84. The molecule has 0 fully saturated rings. The SMILES string of the molecule is Cc1ccc(S(=O)(=O)Nc2ccccc2Sc2nncn2C)c(Br)c1. The Morgan fingerprint density at radius 1 is 1.20 bits per heavy atom. The van der Waals surface area contributed by atoms with Gasteiger partial charge >= 0.3 is 0 Å². The van der Waals surface area contributed by atoms with E-state index in [2.05, 4.69) is 30.8 Å². The molecular formula is C16H15BrN4O2S2. The zero-order chi connectivity index (χ0) is 18.0. The zero-order valence-electron chi connectivity index (χ0n) is 13.5. The van der Waals surface area contributed by atoms with Crippen molar-refractivity contribution in [1.29, 1.82) is 0 Å². The first-order valence-electron chi connectivity index (χ1n) is 7.27. The highest BCUT2D eigenvalue weighted by molar-refractivity contribution is 9.10. The van der Waals surface area contributed by atoms with E-state index in [-0.39, 0.29) is 4.90 Å². The topological polar surface area (TPSA) is 76.9 Å². The van der Waals surface area contributed by atoms with Crippen LogP contribution < -0.4 is 4.72 Å². The van der Waals surface area contributed by atoms with Crippen LogP contribution >= 0.6 is 27.7 Å². The lowest BCUT2D eigenvalue weighted by Gasteiger charge is -2.13. The van der Waals surface area contributed by atoms with Crippen molar-refractivity contribution in [3.05, 3.63) is 58.8 Å². The van der Waals surface area contributed by atoms with Gasteiger partial charge in [-0.15, -0.1) is 10.2 Å². The van der Waals surface area contributed by atoms with E-state index in [0.29, 0.717) is 15.3 Å². The van der Waals surface area contributed by atoms with Gasteiger partial charge in [-0.3, -0.25) is 4.72 Å². The Labute approximate surface area is 158 Å². The molecule has 0 saturated heterocycles. The highest BCUT2D eigenvalue weighted by atomic mass is 79.9. The molecule has 0 unspecified atom stereocenters. The Morgan fingerprint density at radius 3 is 2.64 bits per heavy atom. The van der Waals surface area contributed by atoms with Crippen LogP contribution in [0, 0.1) is 6.92 Å². The monoisotopic (exact) mass is 438 g/mol. The first-order chi connectivity index (χ1) is 11.9. The van der Waals surface area contributed by atoms with E-state index < -0.39 is 10.0 Å². The van der Waals surface area contributed by atoms with Crippen molar-refractivity contribution >= 4 is 43.4 Å². The maximum atomic E-state index is 12.8. The number of benzene rings is 2. The van der Waals surface area contributed by atoms with E-state index in [1.807, 2.05) is 26.1 Å². The summed E-state index contributed by atoms with van der Waals surface area (Å²) < 4.78 is 30.5. The van der Waals surface area contributed by atoms with Gasteiger partial charge in [-0.1, -0.05) is 18.2 Å². The minimum atomic E-state index is -3.73. The lowest BCUT2D eigenvalue weighted by atomic mass is 10.2. The molecule has 3 rings (SSSR count). The van der Waals surface area contributed by atoms with Crippen LogP contribution in [0.3, 0.4) is 0 Å². The number of aromatic nitrogens is 3. The van der Waals surface area contributed by atoms with Crippen LogP contribution in [0.15, 0.2) is 68.2 Å². The van der Waals surface area contributed by atoms with Gasteiger partial charge < -0.3 is 4.57 Å². The first kappa shape index (κ1) is 18.0. The molecule has 0 aliphatic rings. The lowest BCUT2D eigenvalue weighted by Crippen LogP contribution is -2.14. The van der Waals surface area contributed by atoms with Crippen molar-refractivity contribution in [2.45, 2.75) is 21.9 Å². The number of para-hydroxylation sites is 1. The molecular weight excluding hydrogens is 424 g/mol. The lowest BCUT2D eigenvalue weighted by molar-refractivity contribution is 0.600. The second-order valence-corrected chi connectivity index (χ2v) is 8.88. The molecule has 0 bridgehead atoms. The van der Waals surface area contributed by atoms with Crippen LogP contribution in [-0.2, 0) is 17.1 Å². The number of aryl methyl sites for hydroxylation is 2. The molecule has 0 aliphatic heterocycles. The van der Waals surface area contributed by atoms with Crippen LogP contribution in [0.1, 0.15) is 5.56 Å². The van der Waals surface area contributed by atoms with Gasteiger partial charge in [-0.25, -0.2) is 8.42 Å². The summed E-state index contributed by atoms with van der Waals surface area (Å²) in [5.74, 6) is 0. The van der Waals surface area contributed by atoms with Crippen molar-refractivity contribution < 1.29 is 8.42 Å². The van der Waals surface area contributed by atoms with Crippen LogP contribution in [0.2, 0.25) is 0 Å². The van der Waals surface area contributed by atoms with E-state index in [1.165, 1.54) is 11.8 Å². The Balaban J connectivity index is 1.94. The molecule has 25 heavy (non-hydrogen) atoms. The van der Waals surface area contributed by atoms with Crippen molar-refractivity contribution in [2.75, 3.05) is 4.72 Å². The maximum Gasteiger partial charge on any atom is 0.263 e. The Kier molecular flexibility index (Phi) is 5.16. The van der Waals surface area contributed by atoms with Gasteiger partial charge in [0.15, 0.2) is 5.16 Å². The molecule has 0 spiro atoms. The smallest absolute Gasteiger partial charge is 0.263 e. The third-order valence-corrected chi connectivity index (χ3v) is 6.85. The van der Waals surface area contributed by atoms with Crippen molar-refractivity contribution in [2.24, 2.45) is 7.05 Å². The maximum absolute atomic E-state index is 12.8. The van der Waals surface area contributed by atoms with Crippen LogP contribution in [-0.4, -0.2) is 23.2 Å². The summed E-state index contributed by atoms with van der Waals surface area (Å²) in [4.78, 5) is 0.932. The molecule has 1 aromatic heterocycles. The molecule has 0 atom stereocenters. The van der Waals surface area contributed by atoms with E-state index >= 15 is 0 Å². The number of halogens is 1. The summed E-state index contributed by atoms with van der Waals surface area (Å²) in [6, 6.07) is 12.3.